The maximum Gasteiger partial charge on any atom is 0.316 e. The minimum atomic E-state index is -0.627. The molecule has 0 fully saturated rings. The Balaban J connectivity index is 1.46. The van der Waals surface area contributed by atoms with Gasteiger partial charge in [-0.15, -0.1) is 0 Å². The van der Waals surface area contributed by atoms with E-state index in [1.165, 1.54) is 12.1 Å². The predicted octanol–water partition coefficient (Wildman–Crippen LogP) is 2.50. The zero-order valence-corrected chi connectivity index (χ0v) is 18.4. The largest absolute Gasteiger partial charge is 0.484 e. The van der Waals surface area contributed by atoms with Crippen LogP contribution in [0.15, 0.2) is 40.9 Å². The number of hydrogen-bond acceptors (Lipinski definition) is 8. The number of aryl methyl sites for hydroxylation is 2. The Bertz CT molecular complexity index is 1190. The lowest BCUT2D eigenvalue weighted by Gasteiger charge is -2.10. The van der Waals surface area contributed by atoms with E-state index in [-0.39, 0.29) is 43.0 Å². The second-order valence-electron chi connectivity index (χ2n) is 7.29. The summed E-state index contributed by atoms with van der Waals surface area (Å²) in [6, 6.07) is 10.2. The molecule has 11 nitrogen and oxygen atoms in total. The topological polar surface area (TPSA) is 149 Å². The summed E-state index contributed by atoms with van der Waals surface area (Å²) in [4.78, 5) is 38.8. The summed E-state index contributed by atoms with van der Waals surface area (Å²) in [5.74, 6) is -0.545. The van der Waals surface area contributed by atoms with E-state index >= 15 is 0 Å². The Labute approximate surface area is 189 Å². The number of carbonyl (C=O) groups excluding carboxylic acids is 2. The molecule has 0 aliphatic carbocycles. The van der Waals surface area contributed by atoms with Gasteiger partial charge in [-0.2, -0.15) is 4.98 Å². The molecule has 0 spiro atoms. The first-order chi connectivity index (χ1) is 15.8. The van der Waals surface area contributed by atoms with Crippen molar-refractivity contribution >= 4 is 17.5 Å². The zero-order valence-electron chi connectivity index (χ0n) is 18.4. The molecule has 3 aromatic rings. The van der Waals surface area contributed by atoms with Gasteiger partial charge in [-0.25, -0.2) is 0 Å². The molecule has 0 atom stereocenters. The van der Waals surface area contributed by atoms with Gasteiger partial charge in [-0.3, -0.25) is 19.7 Å². The minimum absolute atomic E-state index is 0.0678. The van der Waals surface area contributed by atoms with Crippen LogP contribution >= 0.6 is 0 Å². The zero-order chi connectivity index (χ0) is 24.0. The van der Waals surface area contributed by atoms with E-state index in [4.69, 9.17) is 9.26 Å². The highest BCUT2D eigenvalue weighted by atomic mass is 16.6. The molecular weight excluding hydrogens is 430 g/mol. The van der Waals surface area contributed by atoms with Crippen LogP contribution in [-0.2, 0) is 4.79 Å². The third kappa shape index (κ3) is 5.91. The fourth-order valence-corrected chi connectivity index (χ4v) is 3.10. The summed E-state index contributed by atoms with van der Waals surface area (Å²) in [6.07, 6.45) is 0. The molecule has 0 aliphatic heterocycles. The van der Waals surface area contributed by atoms with Crippen molar-refractivity contribution in [2.75, 3.05) is 19.7 Å². The van der Waals surface area contributed by atoms with Gasteiger partial charge in [0.2, 0.25) is 5.82 Å². The second kappa shape index (κ2) is 10.4. The molecule has 3 rings (SSSR count). The first kappa shape index (κ1) is 23.4. The van der Waals surface area contributed by atoms with E-state index < -0.39 is 10.8 Å². The van der Waals surface area contributed by atoms with Crippen LogP contribution in [0.5, 0.6) is 5.75 Å². The van der Waals surface area contributed by atoms with Crippen LogP contribution in [0.25, 0.3) is 11.4 Å². The SMILES string of the molecule is Cc1ccc(OCC(=O)NCCNC(=O)c2nc(-c3cccc([N+](=O)[O-])c3C)no2)c(C)c1. The molecule has 33 heavy (non-hydrogen) atoms. The van der Waals surface area contributed by atoms with E-state index in [0.717, 1.165) is 11.1 Å². The number of nitro groups is 1. The van der Waals surface area contributed by atoms with Crippen molar-refractivity contribution in [3.8, 4) is 17.1 Å². The molecule has 2 N–H and O–H groups in total. The summed E-state index contributed by atoms with van der Waals surface area (Å²) >= 11 is 0. The summed E-state index contributed by atoms with van der Waals surface area (Å²) in [5.41, 5.74) is 2.72. The Morgan fingerprint density at radius 1 is 1.12 bits per heavy atom. The van der Waals surface area contributed by atoms with Crippen molar-refractivity contribution in [2.24, 2.45) is 0 Å². The summed E-state index contributed by atoms with van der Waals surface area (Å²) in [5, 5.41) is 20.0. The first-order valence-electron chi connectivity index (χ1n) is 10.1. The van der Waals surface area contributed by atoms with Crippen LogP contribution in [0.4, 0.5) is 5.69 Å². The molecule has 0 saturated carbocycles. The van der Waals surface area contributed by atoms with Crippen molar-refractivity contribution in [2.45, 2.75) is 20.8 Å². The van der Waals surface area contributed by atoms with Gasteiger partial charge in [0.25, 0.3) is 11.6 Å². The normalized spacial score (nSPS) is 10.5. The number of aromatic nitrogens is 2. The lowest BCUT2D eigenvalue weighted by Crippen LogP contribution is -2.36. The summed E-state index contributed by atoms with van der Waals surface area (Å²) in [7, 11) is 0. The van der Waals surface area contributed by atoms with E-state index in [1.807, 2.05) is 32.0 Å². The number of nitrogens with zero attached hydrogens (tertiary/aromatic N) is 3. The molecule has 0 unspecified atom stereocenters. The van der Waals surface area contributed by atoms with Crippen LogP contribution in [-0.4, -0.2) is 46.6 Å². The molecule has 0 aliphatic rings. The lowest BCUT2D eigenvalue weighted by molar-refractivity contribution is -0.385. The summed E-state index contributed by atoms with van der Waals surface area (Å²) < 4.78 is 10.5. The third-order valence-electron chi connectivity index (χ3n) is 4.78. The van der Waals surface area contributed by atoms with Gasteiger partial charge in [0.1, 0.15) is 5.75 Å². The van der Waals surface area contributed by atoms with Crippen LogP contribution in [0.1, 0.15) is 27.4 Å². The van der Waals surface area contributed by atoms with Crippen LogP contribution in [0.3, 0.4) is 0 Å². The van der Waals surface area contributed by atoms with E-state index in [1.54, 1.807) is 13.0 Å². The predicted molar refractivity (Wildman–Crippen MR) is 118 cm³/mol. The molecule has 2 amide bonds. The number of nitro benzene ring substituents is 1. The van der Waals surface area contributed by atoms with E-state index in [0.29, 0.717) is 16.9 Å². The fraction of sp³-hybridized carbons (Fsp3) is 0.273. The third-order valence-corrected chi connectivity index (χ3v) is 4.78. The van der Waals surface area contributed by atoms with Gasteiger partial charge < -0.3 is 19.9 Å². The molecule has 1 aromatic heterocycles. The molecule has 0 bridgehead atoms. The highest BCUT2D eigenvalue weighted by molar-refractivity contribution is 5.90. The average molecular weight is 453 g/mol. The van der Waals surface area contributed by atoms with Crippen LogP contribution in [0.2, 0.25) is 0 Å². The van der Waals surface area contributed by atoms with Crippen molar-refractivity contribution in [3.63, 3.8) is 0 Å². The standard InChI is InChI=1S/C22H23N5O6/c1-13-7-8-18(14(2)11-13)32-12-19(28)23-9-10-24-21(29)22-25-20(26-33-22)16-5-4-6-17(15(16)3)27(30)31/h4-8,11H,9-10,12H2,1-3H3,(H,23,28)(H,24,29). The van der Waals surface area contributed by atoms with Gasteiger partial charge in [0.05, 0.1) is 4.92 Å². The lowest BCUT2D eigenvalue weighted by atomic mass is 10.1. The van der Waals surface area contributed by atoms with Crippen molar-refractivity contribution in [3.05, 3.63) is 69.1 Å². The van der Waals surface area contributed by atoms with E-state index in [9.17, 15) is 19.7 Å². The van der Waals surface area contributed by atoms with Crippen molar-refractivity contribution in [1.82, 2.24) is 20.8 Å². The molecule has 172 valence electrons. The van der Waals surface area contributed by atoms with Crippen molar-refractivity contribution < 1.29 is 23.8 Å². The van der Waals surface area contributed by atoms with Crippen LogP contribution < -0.4 is 15.4 Å². The Morgan fingerprint density at radius 3 is 2.61 bits per heavy atom. The maximum absolute atomic E-state index is 12.2. The number of carbonyl (C=O) groups is 2. The Kier molecular flexibility index (Phi) is 7.34. The quantitative estimate of drug-likeness (QED) is 0.285. The molecule has 0 radical (unpaired) electrons. The van der Waals surface area contributed by atoms with Crippen molar-refractivity contribution in [1.29, 1.82) is 0 Å². The number of benzene rings is 2. The smallest absolute Gasteiger partial charge is 0.316 e. The Morgan fingerprint density at radius 2 is 1.88 bits per heavy atom. The molecule has 11 heteroatoms. The number of rotatable bonds is 9. The maximum atomic E-state index is 12.2. The summed E-state index contributed by atoms with van der Waals surface area (Å²) in [6.45, 7) is 5.59. The second-order valence-corrected chi connectivity index (χ2v) is 7.29. The molecular formula is C22H23N5O6. The van der Waals surface area contributed by atoms with Gasteiger partial charge >= 0.3 is 11.8 Å². The highest BCUT2D eigenvalue weighted by Gasteiger charge is 2.20. The molecule has 2 aromatic carbocycles. The molecule has 1 heterocycles. The fourth-order valence-electron chi connectivity index (χ4n) is 3.10. The number of ether oxygens (including phenoxy) is 1. The van der Waals surface area contributed by atoms with E-state index in [2.05, 4.69) is 20.8 Å². The van der Waals surface area contributed by atoms with Crippen LogP contribution in [0, 0.1) is 30.9 Å². The monoisotopic (exact) mass is 453 g/mol. The average Bonchev–Trinajstić information content (AvgIpc) is 3.26. The van der Waals surface area contributed by atoms with Gasteiger partial charge in [-0.05, 0) is 32.4 Å². The van der Waals surface area contributed by atoms with Gasteiger partial charge in [0.15, 0.2) is 6.61 Å². The van der Waals surface area contributed by atoms with Gasteiger partial charge in [-0.1, -0.05) is 35.0 Å². The number of hydrogen-bond donors (Lipinski definition) is 2. The number of nitrogens with one attached hydrogen (secondary N) is 2. The first-order valence-corrected chi connectivity index (χ1v) is 10.1. The number of amides is 2. The molecule has 0 saturated heterocycles. The minimum Gasteiger partial charge on any atom is -0.484 e. The highest BCUT2D eigenvalue weighted by Crippen LogP contribution is 2.27. The Hall–Kier alpha value is -4.28. The van der Waals surface area contributed by atoms with Gasteiger partial charge in [0, 0.05) is 30.3 Å².